The number of allylic oxidation sites excluding steroid dienone is 4. The van der Waals surface area contributed by atoms with Crippen LogP contribution >= 0.6 is 0 Å². The molecule has 0 fully saturated rings. The first-order valence-electron chi connectivity index (χ1n) is 35.6. The molecule has 0 amide bonds. The monoisotopic (exact) mass is 1280 g/mol. The predicted octanol–water partition coefficient (Wildman–Crippen LogP) is 13.6. The number of ether oxygens (including phenoxy) is 18. The van der Waals surface area contributed by atoms with Crippen molar-refractivity contribution in [3.63, 3.8) is 0 Å². The fourth-order valence-electron chi connectivity index (χ4n) is 9.34. The van der Waals surface area contributed by atoms with Crippen molar-refractivity contribution in [2.24, 2.45) is 5.41 Å². The van der Waals surface area contributed by atoms with Crippen molar-refractivity contribution in [1.29, 1.82) is 0 Å². The van der Waals surface area contributed by atoms with Gasteiger partial charge in [-0.1, -0.05) is 154 Å². The maximum Gasteiger partial charge on any atom is 0.104 e. The minimum atomic E-state index is -0.678. The summed E-state index contributed by atoms with van der Waals surface area (Å²) in [5.41, 5.74) is -0.678. The molecule has 1 atom stereocenters. The molecule has 0 radical (unpaired) electrons. The highest BCUT2D eigenvalue weighted by Crippen LogP contribution is 2.22. The molecule has 0 aliphatic rings. The Morgan fingerprint density at radius 3 is 0.764 bits per heavy atom. The molecule has 0 aliphatic heterocycles. The standard InChI is InChI=1S/C71H140O18/c1-6-8-10-12-14-16-18-20-22-24-26-28-30-32-34-36-38-84-64-70(89-39-37-35-33-31-29-27-25-23-21-19-17-15-13-11-9-7-2)65-88-69-71(66-85-61-58-81-55-52-78-49-46-75-43-40-72-3,67-86-62-59-82-56-53-79-50-47-76-44-41-73-4)68-87-63-60-83-57-54-80-51-48-77-45-42-74-5/h20-23,70H,6-19,24-69H2,1-5H3. The molecular weight excluding hydrogens is 1140 g/mol. The van der Waals surface area contributed by atoms with E-state index in [2.05, 4.69) is 38.2 Å². The Labute approximate surface area is 545 Å². The summed E-state index contributed by atoms with van der Waals surface area (Å²) in [5, 5.41) is 0. The van der Waals surface area contributed by atoms with Crippen LogP contribution in [0.1, 0.15) is 194 Å². The van der Waals surface area contributed by atoms with Crippen LogP contribution < -0.4 is 0 Å². The third kappa shape index (κ3) is 72.4. The molecule has 0 saturated carbocycles. The first kappa shape index (κ1) is 87.8. The highest BCUT2D eigenvalue weighted by molar-refractivity contribution is 4.83. The quantitative estimate of drug-likeness (QED) is 0.0416. The van der Waals surface area contributed by atoms with E-state index in [0.717, 1.165) is 19.3 Å². The summed E-state index contributed by atoms with van der Waals surface area (Å²) in [6.45, 7) is 19.4. The molecule has 18 nitrogen and oxygen atoms in total. The van der Waals surface area contributed by atoms with Crippen LogP contribution in [-0.4, -0.2) is 239 Å². The van der Waals surface area contributed by atoms with Crippen LogP contribution in [0.5, 0.6) is 0 Å². The number of methoxy groups -OCH3 is 3. The van der Waals surface area contributed by atoms with Gasteiger partial charge in [-0.15, -0.1) is 0 Å². The summed E-state index contributed by atoms with van der Waals surface area (Å²) in [6, 6.07) is 0. The first-order chi connectivity index (χ1) is 44.2. The van der Waals surface area contributed by atoms with Gasteiger partial charge in [-0.05, 0) is 64.2 Å². The summed E-state index contributed by atoms with van der Waals surface area (Å²) >= 11 is 0. The van der Waals surface area contributed by atoms with Crippen molar-refractivity contribution in [1.82, 2.24) is 0 Å². The minimum Gasteiger partial charge on any atom is -0.382 e. The van der Waals surface area contributed by atoms with Crippen molar-refractivity contribution in [3.8, 4) is 0 Å². The number of hydrogen-bond donors (Lipinski definition) is 0. The van der Waals surface area contributed by atoms with E-state index >= 15 is 0 Å². The summed E-state index contributed by atoms with van der Waals surface area (Å²) in [7, 11) is 4.97. The van der Waals surface area contributed by atoms with Crippen LogP contribution in [0.15, 0.2) is 24.3 Å². The van der Waals surface area contributed by atoms with E-state index in [-0.39, 0.29) is 6.10 Å². The lowest BCUT2D eigenvalue weighted by molar-refractivity contribution is -0.133. The Balaban J connectivity index is 5.68. The molecule has 532 valence electrons. The van der Waals surface area contributed by atoms with Gasteiger partial charge in [0.2, 0.25) is 0 Å². The topological polar surface area (TPSA) is 166 Å². The zero-order chi connectivity index (χ0) is 64.1. The van der Waals surface area contributed by atoms with E-state index in [1.807, 2.05) is 0 Å². The summed E-state index contributed by atoms with van der Waals surface area (Å²) in [6.07, 6.45) is 45.0. The van der Waals surface area contributed by atoms with E-state index in [9.17, 15) is 0 Å². The molecule has 0 aliphatic carbocycles. The Morgan fingerprint density at radius 1 is 0.225 bits per heavy atom. The van der Waals surface area contributed by atoms with Crippen LogP contribution in [0.2, 0.25) is 0 Å². The fourth-order valence-corrected chi connectivity index (χ4v) is 9.34. The van der Waals surface area contributed by atoms with Gasteiger partial charge in [0.25, 0.3) is 0 Å². The average molecular weight is 1280 g/mol. The maximum absolute atomic E-state index is 6.67. The Morgan fingerprint density at radius 2 is 0.461 bits per heavy atom. The SMILES string of the molecule is CCCCCCCCC=CCCCCCCCCOCC(COCC(COCCOCCOCCOCCOC)(COCCOCCOCCOCCOC)COCCOCCOCCOCCOC)OCCCCCCCCC=CCCCCCCCC. The molecule has 89 heavy (non-hydrogen) atoms. The third-order valence-electron chi connectivity index (χ3n) is 14.7. The van der Waals surface area contributed by atoms with Gasteiger partial charge < -0.3 is 85.3 Å². The Bertz CT molecular complexity index is 1260. The molecule has 0 aromatic carbocycles. The van der Waals surface area contributed by atoms with Gasteiger partial charge in [0, 0.05) is 34.5 Å². The summed E-state index contributed by atoms with van der Waals surface area (Å²) in [4.78, 5) is 0. The van der Waals surface area contributed by atoms with Gasteiger partial charge in [-0.25, -0.2) is 0 Å². The minimum absolute atomic E-state index is 0.222. The van der Waals surface area contributed by atoms with Crippen LogP contribution in [0.25, 0.3) is 0 Å². The summed E-state index contributed by atoms with van der Waals surface area (Å²) in [5.74, 6) is 0. The number of unbranched alkanes of at least 4 members (excludes halogenated alkanes) is 24. The molecule has 18 heteroatoms. The molecule has 0 aromatic rings. The van der Waals surface area contributed by atoms with Gasteiger partial charge >= 0.3 is 0 Å². The van der Waals surface area contributed by atoms with Gasteiger partial charge in [-0.2, -0.15) is 0 Å². The van der Waals surface area contributed by atoms with Gasteiger partial charge in [0.15, 0.2) is 0 Å². The molecule has 0 saturated heterocycles. The smallest absolute Gasteiger partial charge is 0.104 e. The second-order valence-electron chi connectivity index (χ2n) is 23.1. The van der Waals surface area contributed by atoms with Crippen LogP contribution in [0.4, 0.5) is 0 Å². The Kier molecular flexibility index (Phi) is 78.1. The molecule has 0 bridgehead atoms. The summed E-state index contributed by atoms with van der Waals surface area (Å²) < 4.78 is 105. The fraction of sp³-hybridized carbons (Fsp3) is 0.944. The molecule has 0 rings (SSSR count). The Hall–Kier alpha value is -1.24. The largest absolute Gasteiger partial charge is 0.382 e. The second kappa shape index (κ2) is 79.2. The van der Waals surface area contributed by atoms with E-state index in [0.29, 0.717) is 211 Å². The normalized spacial score (nSPS) is 12.6. The van der Waals surface area contributed by atoms with Crippen LogP contribution in [0.3, 0.4) is 0 Å². The highest BCUT2D eigenvalue weighted by atomic mass is 16.6. The lowest BCUT2D eigenvalue weighted by Crippen LogP contribution is -2.43. The van der Waals surface area contributed by atoms with Crippen molar-refractivity contribution in [3.05, 3.63) is 24.3 Å². The van der Waals surface area contributed by atoms with E-state index < -0.39 is 5.41 Å². The first-order valence-corrected chi connectivity index (χ1v) is 35.6. The van der Waals surface area contributed by atoms with Crippen LogP contribution in [-0.2, 0) is 85.3 Å². The molecule has 0 heterocycles. The van der Waals surface area contributed by atoms with Crippen molar-refractivity contribution < 1.29 is 85.3 Å². The number of hydrogen-bond acceptors (Lipinski definition) is 18. The lowest BCUT2D eigenvalue weighted by atomic mass is 9.92. The zero-order valence-electron chi connectivity index (χ0n) is 58.2. The van der Waals surface area contributed by atoms with Crippen LogP contribution in [0, 0.1) is 5.41 Å². The third-order valence-corrected chi connectivity index (χ3v) is 14.7. The molecule has 0 spiro atoms. The zero-order valence-corrected chi connectivity index (χ0v) is 58.2. The average Bonchev–Trinajstić information content (AvgIpc) is 3.63. The number of rotatable bonds is 81. The van der Waals surface area contributed by atoms with Gasteiger partial charge in [0.1, 0.15) is 6.10 Å². The lowest BCUT2D eigenvalue weighted by Gasteiger charge is -2.33. The molecule has 0 aromatic heterocycles. The van der Waals surface area contributed by atoms with Gasteiger partial charge in [0.05, 0.1) is 204 Å². The van der Waals surface area contributed by atoms with E-state index in [1.54, 1.807) is 21.3 Å². The van der Waals surface area contributed by atoms with E-state index in [4.69, 9.17) is 85.3 Å². The molecular formula is C71H140O18. The second-order valence-corrected chi connectivity index (χ2v) is 23.1. The maximum atomic E-state index is 6.67. The molecule has 1 unspecified atom stereocenters. The predicted molar refractivity (Wildman–Crippen MR) is 358 cm³/mol. The van der Waals surface area contributed by atoms with Gasteiger partial charge in [-0.3, -0.25) is 0 Å². The van der Waals surface area contributed by atoms with Crippen molar-refractivity contribution in [2.75, 3.05) is 233 Å². The van der Waals surface area contributed by atoms with Crippen molar-refractivity contribution >= 4 is 0 Å². The highest BCUT2D eigenvalue weighted by Gasteiger charge is 2.33. The van der Waals surface area contributed by atoms with Crippen molar-refractivity contribution in [2.45, 2.75) is 200 Å². The molecule has 0 N–H and O–H groups in total. The van der Waals surface area contributed by atoms with E-state index in [1.165, 1.54) is 161 Å².